The van der Waals surface area contributed by atoms with Crippen molar-refractivity contribution in [1.29, 1.82) is 5.26 Å². The molecule has 1 unspecified atom stereocenters. The summed E-state index contributed by atoms with van der Waals surface area (Å²) in [5.74, 6) is -0.916. The first-order chi connectivity index (χ1) is 14.5. The molecule has 2 aromatic heterocycles. The number of ether oxygens (including phenoxy) is 2. The SMILES string of the molecule is CC(OC(=O)c1cccnc1Oc1cccnc1)C(=O)Nc1ccc(C#N)c(Cl)c1. The van der Waals surface area contributed by atoms with Gasteiger partial charge in [0.2, 0.25) is 5.88 Å². The molecule has 9 heteroatoms. The number of nitrogens with zero attached hydrogens (tertiary/aromatic N) is 3. The predicted molar refractivity (Wildman–Crippen MR) is 108 cm³/mol. The minimum atomic E-state index is -1.11. The van der Waals surface area contributed by atoms with Gasteiger partial charge in [-0.05, 0) is 49.4 Å². The van der Waals surface area contributed by atoms with Crippen LogP contribution >= 0.6 is 11.6 Å². The van der Waals surface area contributed by atoms with Gasteiger partial charge in [0.1, 0.15) is 17.4 Å². The highest BCUT2D eigenvalue weighted by Gasteiger charge is 2.22. The van der Waals surface area contributed by atoms with E-state index in [0.717, 1.165) is 0 Å². The van der Waals surface area contributed by atoms with Crippen molar-refractivity contribution >= 4 is 29.2 Å². The van der Waals surface area contributed by atoms with E-state index >= 15 is 0 Å². The third kappa shape index (κ3) is 5.10. The molecule has 1 aromatic carbocycles. The Morgan fingerprint density at radius 1 is 1.20 bits per heavy atom. The van der Waals surface area contributed by atoms with Gasteiger partial charge < -0.3 is 14.8 Å². The van der Waals surface area contributed by atoms with Crippen LogP contribution in [0.5, 0.6) is 11.6 Å². The normalized spacial score (nSPS) is 11.1. The van der Waals surface area contributed by atoms with Gasteiger partial charge in [0, 0.05) is 18.1 Å². The number of amides is 1. The Hall–Kier alpha value is -3.96. The maximum Gasteiger partial charge on any atom is 0.344 e. The van der Waals surface area contributed by atoms with Crippen molar-refractivity contribution in [3.05, 3.63) is 77.2 Å². The van der Waals surface area contributed by atoms with Crippen LogP contribution in [0.15, 0.2) is 61.1 Å². The van der Waals surface area contributed by atoms with Crippen LogP contribution in [-0.2, 0) is 9.53 Å². The Bertz CT molecular complexity index is 1120. The molecule has 0 saturated carbocycles. The lowest BCUT2D eigenvalue weighted by atomic mass is 10.2. The monoisotopic (exact) mass is 422 g/mol. The number of carbonyl (C=O) groups excluding carboxylic acids is 2. The summed E-state index contributed by atoms with van der Waals surface area (Å²) in [6.45, 7) is 1.43. The van der Waals surface area contributed by atoms with E-state index in [1.807, 2.05) is 6.07 Å². The summed E-state index contributed by atoms with van der Waals surface area (Å²) in [5, 5.41) is 11.7. The molecule has 8 nitrogen and oxygen atoms in total. The van der Waals surface area contributed by atoms with Gasteiger partial charge in [0.05, 0.1) is 16.8 Å². The Balaban J connectivity index is 1.68. The molecule has 150 valence electrons. The molecule has 3 aromatic rings. The van der Waals surface area contributed by atoms with Crippen LogP contribution in [0.3, 0.4) is 0 Å². The van der Waals surface area contributed by atoms with Crippen LogP contribution in [0.25, 0.3) is 0 Å². The van der Waals surface area contributed by atoms with Crippen LogP contribution in [-0.4, -0.2) is 27.9 Å². The number of halogens is 1. The van der Waals surface area contributed by atoms with Gasteiger partial charge in [-0.3, -0.25) is 9.78 Å². The molecule has 1 amide bonds. The molecule has 0 aliphatic carbocycles. The highest BCUT2D eigenvalue weighted by Crippen LogP contribution is 2.23. The quantitative estimate of drug-likeness (QED) is 0.597. The molecule has 0 bridgehead atoms. The number of hydrogen-bond acceptors (Lipinski definition) is 7. The zero-order valence-electron chi connectivity index (χ0n) is 15.7. The number of hydrogen-bond donors (Lipinski definition) is 1. The maximum atomic E-state index is 12.6. The average Bonchev–Trinajstić information content (AvgIpc) is 2.75. The van der Waals surface area contributed by atoms with E-state index < -0.39 is 18.0 Å². The first kappa shape index (κ1) is 20.8. The molecule has 0 radical (unpaired) electrons. The van der Waals surface area contributed by atoms with Gasteiger partial charge in [-0.2, -0.15) is 5.26 Å². The fourth-order valence-corrected chi connectivity index (χ4v) is 2.57. The van der Waals surface area contributed by atoms with Gasteiger partial charge in [-0.25, -0.2) is 9.78 Å². The molecular formula is C21H15ClN4O4. The minimum absolute atomic E-state index is 0.0296. The van der Waals surface area contributed by atoms with Crippen molar-refractivity contribution in [3.63, 3.8) is 0 Å². The van der Waals surface area contributed by atoms with Gasteiger partial charge in [-0.15, -0.1) is 0 Å². The number of nitrogens with one attached hydrogen (secondary N) is 1. The van der Waals surface area contributed by atoms with E-state index in [-0.39, 0.29) is 22.0 Å². The highest BCUT2D eigenvalue weighted by atomic mass is 35.5. The van der Waals surface area contributed by atoms with Crippen molar-refractivity contribution in [1.82, 2.24) is 9.97 Å². The molecule has 3 rings (SSSR count). The number of anilines is 1. The molecule has 2 heterocycles. The Labute approximate surface area is 177 Å². The molecule has 0 fully saturated rings. The number of rotatable bonds is 6. The Morgan fingerprint density at radius 3 is 2.70 bits per heavy atom. The molecule has 30 heavy (non-hydrogen) atoms. The van der Waals surface area contributed by atoms with Crippen LogP contribution in [0.1, 0.15) is 22.8 Å². The molecule has 0 aliphatic heterocycles. The van der Waals surface area contributed by atoms with Crippen LogP contribution in [0.4, 0.5) is 5.69 Å². The standard InChI is InChI=1S/C21H15ClN4O4/c1-13(19(27)26-15-7-6-14(11-23)18(22)10-15)29-21(28)17-5-3-9-25-20(17)30-16-4-2-8-24-12-16/h2-10,12-13H,1H3,(H,26,27). The van der Waals surface area contributed by atoms with E-state index in [2.05, 4.69) is 15.3 Å². The van der Waals surface area contributed by atoms with Crippen LogP contribution in [0, 0.1) is 11.3 Å². The molecule has 0 spiro atoms. The number of pyridine rings is 2. The average molecular weight is 423 g/mol. The second-order valence-corrected chi connectivity index (χ2v) is 6.40. The number of benzene rings is 1. The second-order valence-electron chi connectivity index (χ2n) is 5.99. The molecule has 0 saturated heterocycles. The first-order valence-electron chi connectivity index (χ1n) is 8.72. The van der Waals surface area contributed by atoms with Gasteiger partial charge in [-0.1, -0.05) is 11.6 Å². The smallest absolute Gasteiger partial charge is 0.344 e. The second kappa shape index (κ2) is 9.49. The van der Waals surface area contributed by atoms with E-state index in [1.165, 1.54) is 43.6 Å². The van der Waals surface area contributed by atoms with Crippen LogP contribution in [0.2, 0.25) is 5.02 Å². The summed E-state index contributed by atoms with van der Waals surface area (Å²) >= 11 is 5.96. The predicted octanol–water partition coefficient (Wildman–Crippen LogP) is 3.98. The zero-order chi connectivity index (χ0) is 21.5. The summed E-state index contributed by atoms with van der Waals surface area (Å²) in [4.78, 5) is 32.9. The van der Waals surface area contributed by atoms with Gasteiger partial charge in [0.15, 0.2) is 6.10 Å². The largest absolute Gasteiger partial charge is 0.449 e. The van der Waals surface area contributed by atoms with Gasteiger partial charge >= 0.3 is 5.97 Å². The Kier molecular flexibility index (Phi) is 6.57. The third-order valence-corrected chi connectivity index (χ3v) is 4.16. The van der Waals surface area contributed by atoms with Crippen LogP contribution < -0.4 is 10.1 Å². The number of nitriles is 1. The maximum absolute atomic E-state index is 12.6. The van der Waals surface area contributed by atoms with Crippen molar-refractivity contribution < 1.29 is 19.1 Å². The lowest BCUT2D eigenvalue weighted by Crippen LogP contribution is -2.30. The zero-order valence-corrected chi connectivity index (χ0v) is 16.5. The number of aromatic nitrogens is 2. The summed E-state index contributed by atoms with van der Waals surface area (Å²) in [6, 6.07) is 12.7. The van der Waals surface area contributed by atoms with E-state index in [4.69, 9.17) is 26.3 Å². The topological polar surface area (TPSA) is 114 Å². The van der Waals surface area contributed by atoms with E-state index in [1.54, 1.807) is 24.4 Å². The van der Waals surface area contributed by atoms with E-state index in [0.29, 0.717) is 11.4 Å². The first-order valence-corrected chi connectivity index (χ1v) is 9.10. The van der Waals surface area contributed by atoms with Crippen molar-refractivity contribution in [2.45, 2.75) is 13.0 Å². The summed E-state index contributed by atoms with van der Waals surface area (Å²) in [5.41, 5.74) is 0.711. The van der Waals surface area contributed by atoms with Gasteiger partial charge in [0.25, 0.3) is 5.91 Å². The Morgan fingerprint density at radius 2 is 2.00 bits per heavy atom. The van der Waals surface area contributed by atoms with Crippen molar-refractivity contribution in [2.75, 3.05) is 5.32 Å². The fraction of sp³-hybridized carbons (Fsp3) is 0.0952. The lowest BCUT2D eigenvalue weighted by Gasteiger charge is -2.15. The summed E-state index contributed by atoms with van der Waals surface area (Å²) in [6.07, 6.45) is 3.41. The number of carbonyl (C=O) groups is 2. The summed E-state index contributed by atoms with van der Waals surface area (Å²) in [7, 11) is 0. The molecular weight excluding hydrogens is 408 g/mol. The molecule has 0 aliphatic rings. The fourth-order valence-electron chi connectivity index (χ4n) is 2.35. The number of esters is 1. The lowest BCUT2D eigenvalue weighted by molar-refractivity contribution is -0.123. The highest BCUT2D eigenvalue weighted by molar-refractivity contribution is 6.32. The third-order valence-electron chi connectivity index (χ3n) is 3.85. The van der Waals surface area contributed by atoms with E-state index in [9.17, 15) is 9.59 Å². The molecule has 1 N–H and O–H groups in total. The molecule has 1 atom stereocenters. The summed E-state index contributed by atoms with van der Waals surface area (Å²) < 4.78 is 10.8. The van der Waals surface area contributed by atoms with Crippen molar-refractivity contribution in [3.8, 4) is 17.7 Å². The van der Waals surface area contributed by atoms with Crippen molar-refractivity contribution in [2.24, 2.45) is 0 Å². The minimum Gasteiger partial charge on any atom is -0.449 e.